The number of carbonyl (C=O) groups excluding carboxylic acids is 1. The van der Waals surface area contributed by atoms with Gasteiger partial charge in [-0.1, -0.05) is 0 Å². The summed E-state index contributed by atoms with van der Waals surface area (Å²) in [5.74, 6) is -0.00454. The maximum absolute atomic E-state index is 12.0. The number of rotatable bonds is 3. The number of nitrogen functional groups attached to an aromatic ring is 1. The van der Waals surface area contributed by atoms with Crippen LogP contribution in [0.25, 0.3) is 0 Å². The molecule has 1 aromatic rings. The molecule has 16 heavy (non-hydrogen) atoms. The molecule has 4 nitrogen and oxygen atoms in total. The third kappa shape index (κ3) is 2.05. The molecule has 2 rings (SSSR count). The van der Waals surface area contributed by atoms with Crippen LogP contribution in [0.15, 0.2) is 12.3 Å². The Balaban J connectivity index is 2.14. The first-order valence-electron chi connectivity index (χ1n) is 5.86. The minimum atomic E-state index is -0.00454. The fourth-order valence-electron chi connectivity index (χ4n) is 1.92. The van der Waals surface area contributed by atoms with Crippen molar-refractivity contribution in [2.24, 2.45) is 0 Å². The van der Waals surface area contributed by atoms with Crippen molar-refractivity contribution >= 4 is 11.6 Å². The molecular formula is C12H19N3O. The van der Waals surface area contributed by atoms with Crippen LogP contribution in [-0.4, -0.2) is 16.5 Å². The van der Waals surface area contributed by atoms with Gasteiger partial charge < -0.3 is 15.6 Å². The van der Waals surface area contributed by atoms with E-state index in [1.165, 1.54) is 6.42 Å². The van der Waals surface area contributed by atoms with E-state index in [4.69, 9.17) is 5.73 Å². The number of carbonyl (C=O) groups is 1. The predicted molar refractivity (Wildman–Crippen MR) is 64.3 cm³/mol. The van der Waals surface area contributed by atoms with E-state index in [9.17, 15) is 4.79 Å². The summed E-state index contributed by atoms with van der Waals surface area (Å²) >= 11 is 0. The van der Waals surface area contributed by atoms with E-state index in [0.717, 1.165) is 12.8 Å². The van der Waals surface area contributed by atoms with Gasteiger partial charge in [-0.2, -0.15) is 0 Å². The van der Waals surface area contributed by atoms with Gasteiger partial charge >= 0.3 is 0 Å². The molecule has 0 radical (unpaired) electrons. The van der Waals surface area contributed by atoms with Crippen LogP contribution in [0, 0.1) is 0 Å². The van der Waals surface area contributed by atoms with Crippen molar-refractivity contribution in [1.82, 2.24) is 9.88 Å². The van der Waals surface area contributed by atoms with Gasteiger partial charge in [-0.3, -0.25) is 4.79 Å². The Morgan fingerprint density at radius 3 is 2.75 bits per heavy atom. The predicted octanol–water partition coefficient (Wildman–Crippen LogP) is 1.93. The van der Waals surface area contributed by atoms with E-state index in [1.807, 2.05) is 24.6 Å². The molecule has 3 N–H and O–H groups in total. The second-order valence-corrected chi connectivity index (χ2v) is 4.76. The van der Waals surface area contributed by atoms with E-state index in [0.29, 0.717) is 17.4 Å². The number of nitrogens with one attached hydrogen (secondary N) is 1. The summed E-state index contributed by atoms with van der Waals surface area (Å²) in [7, 11) is 0. The summed E-state index contributed by atoms with van der Waals surface area (Å²) in [6.07, 6.45) is 5.24. The summed E-state index contributed by atoms with van der Waals surface area (Å²) in [6, 6.07) is 2.36. The van der Waals surface area contributed by atoms with E-state index in [2.05, 4.69) is 5.32 Å². The largest absolute Gasteiger partial charge is 0.397 e. The molecule has 0 bridgehead atoms. The number of hydrogen-bond acceptors (Lipinski definition) is 2. The lowest BCUT2D eigenvalue weighted by Crippen LogP contribution is -2.40. The Kier molecular flexibility index (Phi) is 2.90. The topological polar surface area (TPSA) is 60.0 Å². The maximum atomic E-state index is 12.0. The molecule has 0 saturated heterocycles. The molecule has 0 aliphatic heterocycles. The molecule has 4 heteroatoms. The summed E-state index contributed by atoms with van der Waals surface area (Å²) in [5.41, 5.74) is 7.04. The summed E-state index contributed by atoms with van der Waals surface area (Å²) in [6.45, 7) is 4.08. The van der Waals surface area contributed by atoms with Gasteiger partial charge in [0.2, 0.25) is 0 Å². The van der Waals surface area contributed by atoms with Crippen molar-refractivity contribution in [2.75, 3.05) is 5.73 Å². The fourth-order valence-corrected chi connectivity index (χ4v) is 1.92. The highest BCUT2D eigenvalue weighted by Gasteiger charge is 2.22. The van der Waals surface area contributed by atoms with Crippen LogP contribution in [-0.2, 0) is 0 Å². The highest BCUT2D eigenvalue weighted by atomic mass is 16.2. The molecule has 1 fully saturated rings. The quantitative estimate of drug-likeness (QED) is 0.819. The molecular weight excluding hydrogens is 202 g/mol. The molecule has 1 aliphatic carbocycles. The third-order valence-electron chi connectivity index (χ3n) is 3.10. The first kappa shape index (κ1) is 11.0. The summed E-state index contributed by atoms with van der Waals surface area (Å²) in [4.78, 5) is 12.0. The van der Waals surface area contributed by atoms with Crippen LogP contribution in [0.1, 0.15) is 49.6 Å². The van der Waals surface area contributed by atoms with Crippen molar-refractivity contribution in [2.45, 2.75) is 45.2 Å². The maximum Gasteiger partial charge on any atom is 0.268 e. The van der Waals surface area contributed by atoms with Gasteiger partial charge in [0.05, 0.1) is 5.69 Å². The first-order valence-corrected chi connectivity index (χ1v) is 5.86. The van der Waals surface area contributed by atoms with Gasteiger partial charge in [0, 0.05) is 18.3 Å². The van der Waals surface area contributed by atoms with Gasteiger partial charge in [-0.05, 0) is 39.2 Å². The Bertz CT molecular complexity index is 391. The third-order valence-corrected chi connectivity index (χ3v) is 3.10. The monoisotopic (exact) mass is 221 g/mol. The average molecular weight is 221 g/mol. The van der Waals surface area contributed by atoms with Gasteiger partial charge in [-0.25, -0.2) is 0 Å². The lowest BCUT2D eigenvalue weighted by Gasteiger charge is -2.26. The normalized spacial score (nSPS) is 16.2. The number of amides is 1. The number of nitrogens with zero attached hydrogens (tertiary/aromatic N) is 1. The highest BCUT2D eigenvalue weighted by Crippen LogP contribution is 2.20. The lowest BCUT2D eigenvalue weighted by molar-refractivity contribution is 0.0906. The van der Waals surface area contributed by atoms with Crippen LogP contribution in [0.2, 0.25) is 0 Å². The molecule has 1 heterocycles. The summed E-state index contributed by atoms with van der Waals surface area (Å²) in [5, 5.41) is 3.03. The second-order valence-electron chi connectivity index (χ2n) is 4.76. The minimum Gasteiger partial charge on any atom is -0.397 e. The zero-order valence-corrected chi connectivity index (χ0v) is 9.86. The zero-order chi connectivity index (χ0) is 11.7. The first-order chi connectivity index (χ1) is 7.58. The number of aromatic nitrogens is 1. The molecule has 0 spiro atoms. The molecule has 88 valence electrons. The number of anilines is 1. The molecule has 0 atom stereocenters. The van der Waals surface area contributed by atoms with Crippen molar-refractivity contribution in [3.05, 3.63) is 18.0 Å². The van der Waals surface area contributed by atoms with Crippen molar-refractivity contribution in [3.63, 3.8) is 0 Å². The number of hydrogen-bond donors (Lipinski definition) is 2. The molecule has 0 aromatic carbocycles. The van der Waals surface area contributed by atoms with Crippen molar-refractivity contribution in [3.8, 4) is 0 Å². The van der Waals surface area contributed by atoms with Gasteiger partial charge in [0.15, 0.2) is 0 Å². The highest BCUT2D eigenvalue weighted by molar-refractivity contribution is 5.94. The van der Waals surface area contributed by atoms with Crippen LogP contribution in [0.3, 0.4) is 0 Å². The molecule has 0 unspecified atom stereocenters. The van der Waals surface area contributed by atoms with Crippen LogP contribution < -0.4 is 11.1 Å². The SMILES string of the molecule is CC(C)n1cc(N)cc1C(=O)NC1CCC1. The van der Waals surface area contributed by atoms with Crippen LogP contribution >= 0.6 is 0 Å². The average Bonchev–Trinajstić information content (AvgIpc) is 2.53. The van der Waals surface area contributed by atoms with E-state index >= 15 is 0 Å². The Labute approximate surface area is 95.8 Å². The van der Waals surface area contributed by atoms with E-state index < -0.39 is 0 Å². The van der Waals surface area contributed by atoms with Gasteiger partial charge in [0.1, 0.15) is 5.69 Å². The van der Waals surface area contributed by atoms with Crippen molar-refractivity contribution < 1.29 is 4.79 Å². The molecule has 1 aromatic heterocycles. The van der Waals surface area contributed by atoms with Crippen LogP contribution in [0.5, 0.6) is 0 Å². The van der Waals surface area contributed by atoms with E-state index in [-0.39, 0.29) is 11.9 Å². The molecule has 1 aliphatic rings. The second kappa shape index (κ2) is 4.20. The number of nitrogens with two attached hydrogens (primary N) is 1. The zero-order valence-electron chi connectivity index (χ0n) is 9.86. The minimum absolute atomic E-state index is 0.00454. The Morgan fingerprint density at radius 1 is 1.56 bits per heavy atom. The Hall–Kier alpha value is -1.45. The molecule has 1 amide bonds. The standard InChI is InChI=1S/C12H19N3O/c1-8(2)15-7-9(13)6-11(15)12(16)14-10-4-3-5-10/h6-8,10H,3-5,13H2,1-2H3,(H,14,16). The van der Waals surface area contributed by atoms with E-state index in [1.54, 1.807) is 6.07 Å². The lowest BCUT2D eigenvalue weighted by atomic mass is 9.93. The summed E-state index contributed by atoms with van der Waals surface area (Å²) < 4.78 is 1.92. The van der Waals surface area contributed by atoms with Crippen molar-refractivity contribution in [1.29, 1.82) is 0 Å². The Morgan fingerprint density at radius 2 is 2.25 bits per heavy atom. The van der Waals surface area contributed by atoms with Gasteiger partial charge in [0.25, 0.3) is 5.91 Å². The van der Waals surface area contributed by atoms with Crippen LogP contribution in [0.4, 0.5) is 5.69 Å². The molecule has 1 saturated carbocycles. The fraction of sp³-hybridized carbons (Fsp3) is 0.583. The van der Waals surface area contributed by atoms with Gasteiger partial charge in [-0.15, -0.1) is 0 Å². The smallest absolute Gasteiger partial charge is 0.268 e.